The van der Waals surface area contributed by atoms with Crippen molar-refractivity contribution in [1.82, 2.24) is 14.9 Å². The number of hydrogen-bond donors (Lipinski definition) is 1. The highest BCUT2D eigenvalue weighted by atomic mass is 32.2. The van der Waals surface area contributed by atoms with Gasteiger partial charge in [-0.2, -0.15) is 0 Å². The Hall–Kier alpha value is -1.79. The van der Waals surface area contributed by atoms with Gasteiger partial charge in [-0.3, -0.25) is 4.79 Å². The van der Waals surface area contributed by atoms with Crippen LogP contribution in [0.5, 0.6) is 0 Å². The zero-order valence-corrected chi connectivity index (χ0v) is 17.9. The summed E-state index contributed by atoms with van der Waals surface area (Å²) in [6.07, 6.45) is 4.44. The Bertz CT molecular complexity index is 770. The first-order chi connectivity index (χ1) is 13.6. The van der Waals surface area contributed by atoms with Crippen LogP contribution in [0.15, 0.2) is 35.5 Å². The van der Waals surface area contributed by atoms with Crippen molar-refractivity contribution in [2.24, 2.45) is 0 Å². The highest BCUT2D eigenvalue weighted by molar-refractivity contribution is 7.99. The van der Waals surface area contributed by atoms with Gasteiger partial charge in [0.1, 0.15) is 0 Å². The molecular formula is C22H31N3O2S. The summed E-state index contributed by atoms with van der Waals surface area (Å²) in [6.45, 7) is 7.93. The molecule has 28 heavy (non-hydrogen) atoms. The van der Waals surface area contributed by atoms with E-state index in [1.165, 1.54) is 11.8 Å². The van der Waals surface area contributed by atoms with E-state index < -0.39 is 0 Å². The third-order valence-corrected chi connectivity index (χ3v) is 6.26. The molecule has 1 aromatic carbocycles. The van der Waals surface area contributed by atoms with E-state index in [0.29, 0.717) is 5.75 Å². The molecule has 1 N–H and O–H groups in total. The minimum Gasteiger partial charge on any atom is -0.376 e. The second-order valence-corrected chi connectivity index (χ2v) is 8.36. The Balaban J connectivity index is 1.61. The molecule has 0 spiro atoms. The van der Waals surface area contributed by atoms with Crippen LogP contribution in [0.2, 0.25) is 0 Å². The number of thioether (sulfide) groups is 1. The number of rotatable bonds is 9. The number of carbonyl (C=O) groups excluding carboxylic acids is 1. The highest BCUT2D eigenvalue weighted by Gasteiger charge is 2.21. The van der Waals surface area contributed by atoms with Crippen LogP contribution in [0, 0.1) is 13.8 Å². The topological polar surface area (TPSA) is 56.2 Å². The Morgan fingerprint density at radius 2 is 2.14 bits per heavy atom. The average Bonchev–Trinajstić information content (AvgIpc) is 3.31. The monoisotopic (exact) mass is 401 g/mol. The molecular weight excluding hydrogens is 370 g/mol. The van der Waals surface area contributed by atoms with Crippen LogP contribution in [-0.4, -0.2) is 33.9 Å². The maximum Gasteiger partial charge on any atom is 0.230 e. The molecule has 2 heterocycles. The number of amides is 1. The van der Waals surface area contributed by atoms with Gasteiger partial charge in [0, 0.05) is 12.3 Å². The van der Waals surface area contributed by atoms with Gasteiger partial charge in [0.25, 0.3) is 0 Å². The van der Waals surface area contributed by atoms with Gasteiger partial charge in [-0.05, 0) is 38.7 Å². The second kappa shape index (κ2) is 10.1. The van der Waals surface area contributed by atoms with Gasteiger partial charge in [0.2, 0.25) is 5.91 Å². The summed E-state index contributed by atoms with van der Waals surface area (Å²) >= 11 is 1.51. The molecule has 1 aliphatic heterocycles. The standard InChI is InChI=1S/C22H31N3O2S/c1-4-9-20(18-10-6-5-7-11-18)24-21(26)15-28-22-23-16(2)17(3)25(22)14-19-12-8-13-27-19/h5-7,10-11,19-20H,4,8-9,12-15H2,1-3H3,(H,24,26). The zero-order chi connectivity index (χ0) is 19.9. The number of hydrogen-bond acceptors (Lipinski definition) is 4. The molecule has 0 aliphatic carbocycles. The molecule has 2 aromatic rings. The Morgan fingerprint density at radius 3 is 2.82 bits per heavy atom. The molecule has 1 aromatic heterocycles. The van der Waals surface area contributed by atoms with Crippen LogP contribution in [0.4, 0.5) is 0 Å². The molecule has 6 heteroatoms. The molecule has 1 fully saturated rings. The number of nitrogens with one attached hydrogen (secondary N) is 1. The third-order valence-electron chi connectivity index (χ3n) is 5.28. The number of carbonyl (C=O) groups is 1. The third kappa shape index (κ3) is 5.39. The van der Waals surface area contributed by atoms with Crippen molar-refractivity contribution in [1.29, 1.82) is 0 Å². The summed E-state index contributed by atoms with van der Waals surface area (Å²) in [4.78, 5) is 17.3. The molecule has 0 saturated carbocycles. The van der Waals surface area contributed by atoms with Gasteiger partial charge < -0.3 is 14.6 Å². The smallest absolute Gasteiger partial charge is 0.230 e. The normalized spacial score (nSPS) is 17.6. The van der Waals surface area contributed by atoms with E-state index in [1.54, 1.807) is 0 Å². The van der Waals surface area contributed by atoms with Crippen LogP contribution in [0.3, 0.4) is 0 Å². The van der Waals surface area contributed by atoms with Crippen molar-refractivity contribution in [3.05, 3.63) is 47.3 Å². The molecule has 2 unspecified atom stereocenters. The molecule has 5 nitrogen and oxygen atoms in total. The van der Waals surface area contributed by atoms with Crippen LogP contribution in [0.1, 0.15) is 55.6 Å². The number of aromatic nitrogens is 2. The van der Waals surface area contributed by atoms with E-state index in [0.717, 1.165) is 60.9 Å². The molecule has 0 radical (unpaired) electrons. The zero-order valence-electron chi connectivity index (χ0n) is 17.1. The molecule has 1 amide bonds. The summed E-state index contributed by atoms with van der Waals surface area (Å²) in [7, 11) is 0. The summed E-state index contributed by atoms with van der Waals surface area (Å²) in [6, 6.07) is 10.3. The van der Waals surface area contributed by atoms with Crippen molar-refractivity contribution in [3.63, 3.8) is 0 Å². The van der Waals surface area contributed by atoms with E-state index in [-0.39, 0.29) is 18.1 Å². The van der Waals surface area contributed by atoms with Crippen molar-refractivity contribution >= 4 is 17.7 Å². The largest absolute Gasteiger partial charge is 0.376 e. The fraction of sp³-hybridized carbons (Fsp3) is 0.545. The average molecular weight is 402 g/mol. The highest BCUT2D eigenvalue weighted by Crippen LogP contribution is 2.25. The first kappa shape index (κ1) is 20.9. The molecule has 3 rings (SSSR count). The first-order valence-corrected chi connectivity index (χ1v) is 11.2. The summed E-state index contributed by atoms with van der Waals surface area (Å²) < 4.78 is 8.01. The van der Waals surface area contributed by atoms with Gasteiger partial charge in [0.05, 0.1) is 30.1 Å². The molecule has 1 aliphatic rings. The van der Waals surface area contributed by atoms with E-state index >= 15 is 0 Å². The maximum absolute atomic E-state index is 12.6. The summed E-state index contributed by atoms with van der Waals surface area (Å²) in [5.41, 5.74) is 3.34. The van der Waals surface area contributed by atoms with Crippen molar-refractivity contribution < 1.29 is 9.53 Å². The SMILES string of the molecule is CCCC(NC(=O)CSc1nc(C)c(C)n1CC1CCCO1)c1ccccc1. The van der Waals surface area contributed by atoms with Gasteiger partial charge in [-0.15, -0.1) is 0 Å². The Labute approximate surface area is 172 Å². The lowest BCUT2D eigenvalue weighted by molar-refractivity contribution is -0.119. The minimum absolute atomic E-state index is 0.0503. The van der Waals surface area contributed by atoms with E-state index in [1.807, 2.05) is 25.1 Å². The maximum atomic E-state index is 12.6. The van der Waals surface area contributed by atoms with Crippen molar-refractivity contribution in [3.8, 4) is 0 Å². The lowest BCUT2D eigenvalue weighted by atomic mass is 10.0. The van der Waals surface area contributed by atoms with E-state index in [2.05, 4.69) is 40.8 Å². The van der Waals surface area contributed by atoms with Gasteiger partial charge in [0.15, 0.2) is 5.16 Å². The number of nitrogens with zero attached hydrogens (tertiary/aromatic N) is 2. The van der Waals surface area contributed by atoms with Crippen LogP contribution in [-0.2, 0) is 16.1 Å². The molecule has 2 atom stereocenters. The molecule has 1 saturated heterocycles. The number of aryl methyl sites for hydroxylation is 1. The van der Waals surface area contributed by atoms with Crippen molar-refractivity contribution in [2.45, 2.75) is 70.3 Å². The van der Waals surface area contributed by atoms with Crippen LogP contribution < -0.4 is 5.32 Å². The van der Waals surface area contributed by atoms with Crippen LogP contribution in [0.25, 0.3) is 0 Å². The number of ether oxygens (including phenoxy) is 1. The minimum atomic E-state index is 0.0503. The fourth-order valence-electron chi connectivity index (χ4n) is 3.60. The first-order valence-electron chi connectivity index (χ1n) is 10.2. The van der Waals surface area contributed by atoms with Crippen molar-refractivity contribution in [2.75, 3.05) is 12.4 Å². The van der Waals surface area contributed by atoms with Gasteiger partial charge in [-0.1, -0.05) is 55.4 Å². The Kier molecular flexibility index (Phi) is 7.57. The predicted octanol–water partition coefficient (Wildman–Crippen LogP) is 4.43. The molecule has 152 valence electrons. The lowest BCUT2D eigenvalue weighted by Crippen LogP contribution is -2.30. The lowest BCUT2D eigenvalue weighted by Gasteiger charge is -2.19. The van der Waals surface area contributed by atoms with E-state index in [4.69, 9.17) is 4.74 Å². The molecule has 0 bridgehead atoms. The van der Waals surface area contributed by atoms with E-state index in [9.17, 15) is 4.79 Å². The summed E-state index contributed by atoms with van der Waals surface area (Å²) in [5.74, 6) is 0.420. The second-order valence-electron chi connectivity index (χ2n) is 7.42. The van der Waals surface area contributed by atoms with Gasteiger partial charge in [-0.25, -0.2) is 4.98 Å². The predicted molar refractivity (Wildman–Crippen MR) is 114 cm³/mol. The summed E-state index contributed by atoms with van der Waals surface area (Å²) in [5, 5.41) is 4.11. The van der Waals surface area contributed by atoms with Crippen LogP contribution >= 0.6 is 11.8 Å². The number of imidazole rings is 1. The quantitative estimate of drug-likeness (QED) is 0.632. The number of benzene rings is 1. The fourth-order valence-corrected chi connectivity index (χ4v) is 4.52. The van der Waals surface area contributed by atoms with Gasteiger partial charge >= 0.3 is 0 Å². The Morgan fingerprint density at radius 1 is 1.36 bits per heavy atom.